The summed E-state index contributed by atoms with van der Waals surface area (Å²) in [7, 11) is 1.65. The molecule has 3 N–H and O–H groups in total. The van der Waals surface area contributed by atoms with Crippen molar-refractivity contribution >= 4 is 5.82 Å². The monoisotopic (exact) mass is 235 g/mol. The molecule has 4 nitrogen and oxygen atoms in total. The van der Waals surface area contributed by atoms with Crippen molar-refractivity contribution in [3.63, 3.8) is 0 Å². The molecule has 2 unspecified atom stereocenters. The molecular formula is C13H21N3O. The molecule has 2 rings (SSSR count). The summed E-state index contributed by atoms with van der Waals surface area (Å²) in [6.07, 6.45) is 6.74. The van der Waals surface area contributed by atoms with Crippen LogP contribution in [0.3, 0.4) is 0 Å². The van der Waals surface area contributed by atoms with Gasteiger partial charge in [0.2, 0.25) is 0 Å². The van der Waals surface area contributed by atoms with Crippen molar-refractivity contribution < 1.29 is 4.74 Å². The number of rotatable bonds is 4. The van der Waals surface area contributed by atoms with Crippen molar-refractivity contribution in [3.05, 3.63) is 18.3 Å². The summed E-state index contributed by atoms with van der Waals surface area (Å²) in [5.74, 6) is 2.28. The molecule has 0 aliphatic heterocycles. The van der Waals surface area contributed by atoms with E-state index in [0.717, 1.165) is 18.1 Å². The highest BCUT2D eigenvalue weighted by Crippen LogP contribution is 2.26. The van der Waals surface area contributed by atoms with E-state index in [9.17, 15) is 0 Å². The molecule has 0 amide bonds. The van der Waals surface area contributed by atoms with Crippen LogP contribution in [0.15, 0.2) is 18.3 Å². The summed E-state index contributed by atoms with van der Waals surface area (Å²) in [6, 6.07) is 4.35. The molecular weight excluding hydrogens is 214 g/mol. The first kappa shape index (κ1) is 12.2. The van der Waals surface area contributed by atoms with Crippen LogP contribution in [0.5, 0.6) is 5.75 Å². The third kappa shape index (κ3) is 3.09. The van der Waals surface area contributed by atoms with Gasteiger partial charge in [-0.1, -0.05) is 12.8 Å². The van der Waals surface area contributed by atoms with Gasteiger partial charge >= 0.3 is 0 Å². The zero-order valence-electron chi connectivity index (χ0n) is 10.4. The smallest absolute Gasteiger partial charge is 0.137 e. The number of aromatic nitrogens is 1. The highest BCUT2D eigenvalue weighted by Gasteiger charge is 2.23. The standard InChI is InChI=1S/C13H21N3O/c1-17-11-6-7-13(15-9-11)16-12-5-3-2-4-10(12)8-14/h6-7,9-10,12H,2-5,8,14H2,1H3,(H,15,16). The number of hydrogen-bond acceptors (Lipinski definition) is 4. The number of nitrogens with one attached hydrogen (secondary N) is 1. The summed E-state index contributed by atoms with van der Waals surface area (Å²) in [4.78, 5) is 4.34. The minimum atomic E-state index is 0.467. The maximum absolute atomic E-state index is 5.81. The Balaban J connectivity index is 1.98. The fraction of sp³-hybridized carbons (Fsp3) is 0.615. The van der Waals surface area contributed by atoms with Gasteiger partial charge in [0.1, 0.15) is 11.6 Å². The minimum Gasteiger partial charge on any atom is -0.495 e. The van der Waals surface area contributed by atoms with Crippen LogP contribution in [-0.2, 0) is 0 Å². The highest BCUT2D eigenvalue weighted by molar-refractivity contribution is 5.38. The lowest BCUT2D eigenvalue weighted by Crippen LogP contribution is -2.36. The number of nitrogens with two attached hydrogens (primary N) is 1. The van der Waals surface area contributed by atoms with Crippen LogP contribution in [0.25, 0.3) is 0 Å². The van der Waals surface area contributed by atoms with Crippen molar-refractivity contribution in [1.82, 2.24) is 4.98 Å². The summed E-state index contributed by atoms with van der Waals surface area (Å²) >= 11 is 0. The summed E-state index contributed by atoms with van der Waals surface area (Å²) in [5, 5.41) is 3.49. The number of nitrogens with zero attached hydrogens (tertiary/aromatic N) is 1. The van der Waals surface area contributed by atoms with Crippen molar-refractivity contribution in [2.24, 2.45) is 11.7 Å². The first-order chi connectivity index (χ1) is 8.33. The molecule has 0 bridgehead atoms. The predicted molar refractivity (Wildman–Crippen MR) is 69.2 cm³/mol. The molecule has 2 atom stereocenters. The number of ether oxygens (including phenoxy) is 1. The molecule has 1 aliphatic carbocycles. The van der Waals surface area contributed by atoms with E-state index in [2.05, 4.69) is 10.3 Å². The van der Waals surface area contributed by atoms with Crippen molar-refractivity contribution in [2.75, 3.05) is 19.0 Å². The van der Waals surface area contributed by atoms with Gasteiger partial charge in [0, 0.05) is 6.04 Å². The van der Waals surface area contributed by atoms with Gasteiger partial charge in [-0.25, -0.2) is 4.98 Å². The number of anilines is 1. The Morgan fingerprint density at radius 1 is 1.41 bits per heavy atom. The normalized spacial score (nSPS) is 24.4. The molecule has 0 spiro atoms. The van der Waals surface area contributed by atoms with Gasteiger partial charge in [-0.3, -0.25) is 0 Å². The van der Waals surface area contributed by atoms with E-state index in [1.54, 1.807) is 13.3 Å². The molecule has 1 heterocycles. The van der Waals surface area contributed by atoms with Gasteiger partial charge < -0.3 is 15.8 Å². The van der Waals surface area contributed by atoms with Crippen LogP contribution in [0.4, 0.5) is 5.82 Å². The lowest BCUT2D eigenvalue weighted by molar-refractivity contribution is 0.332. The quantitative estimate of drug-likeness (QED) is 0.838. The Morgan fingerprint density at radius 3 is 2.88 bits per heavy atom. The number of pyridine rings is 1. The lowest BCUT2D eigenvalue weighted by atomic mass is 9.84. The Hall–Kier alpha value is -1.29. The fourth-order valence-corrected chi connectivity index (χ4v) is 2.46. The fourth-order valence-electron chi connectivity index (χ4n) is 2.46. The number of hydrogen-bond donors (Lipinski definition) is 2. The molecule has 4 heteroatoms. The second-order valence-corrected chi connectivity index (χ2v) is 4.61. The maximum Gasteiger partial charge on any atom is 0.137 e. The Morgan fingerprint density at radius 2 is 2.24 bits per heavy atom. The van der Waals surface area contributed by atoms with Crippen LogP contribution < -0.4 is 15.8 Å². The van der Waals surface area contributed by atoms with E-state index in [0.29, 0.717) is 12.0 Å². The zero-order valence-corrected chi connectivity index (χ0v) is 10.4. The van der Waals surface area contributed by atoms with Crippen molar-refractivity contribution in [2.45, 2.75) is 31.7 Å². The predicted octanol–water partition coefficient (Wildman–Crippen LogP) is 2.02. The van der Waals surface area contributed by atoms with Gasteiger partial charge in [0.15, 0.2) is 0 Å². The molecule has 1 aromatic rings. The van der Waals surface area contributed by atoms with Gasteiger partial charge in [0.25, 0.3) is 0 Å². The molecule has 1 aromatic heterocycles. The van der Waals surface area contributed by atoms with E-state index in [4.69, 9.17) is 10.5 Å². The van der Waals surface area contributed by atoms with Gasteiger partial charge in [-0.2, -0.15) is 0 Å². The molecule has 94 valence electrons. The van der Waals surface area contributed by atoms with E-state index in [1.807, 2.05) is 12.1 Å². The lowest BCUT2D eigenvalue weighted by Gasteiger charge is -2.31. The Bertz CT molecular complexity index is 339. The molecule has 1 fully saturated rings. The molecule has 0 radical (unpaired) electrons. The van der Waals surface area contributed by atoms with E-state index < -0.39 is 0 Å². The summed E-state index contributed by atoms with van der Waals surface area (Å²) in [5.41, 5.74) is 5.81. The highest BCUT2D eigenvalue weighted by atomic mass is 16.5. The third-order valence-corrected chi connectivity index (χ3v) is 3.52. The Labute approximate surface area is 103 Å². The maximum atomic E-state index is 5.81. The van der Waals surface area contributed by atoms with Gasteiger partial charge in [-0.15, -0.1) is 0 Å². The summed E-state index contributed by atoms with van der Waals surface area (Å²) < 4.78 is 5.09. The molecule has 1 aliphatic rings. The molecule has 0 saturated heterocycles. The second-order valence-electron chi connectivity index (χ2n) is 4.61. The second kappa shape index (κ2) is 5.87. The first-order valence-electron chi connectivity index (χ1n) is 6.30. The molecule has 0 aromatic carbocycles. The van der Waals surface area contributed by atoms with Crippen LogP contribution in [0.2, 0.25) is 0 Å². The van der Waals surface area contributed by atoms with Crippen LogP contribution in [0, 0.1) is 5.92 Å². The van der Waals surface area contributed by atoms with Crippen LogP contribution >= 0.6 is 0 Å². The number of methoxy groups -OCH3 is 1. The minimum absolute atomic E-state index is 0.467. The largest absolute Gasteiger partial charge is 0.495 e. The van der Waals surface area contributed by atoms with Gasteiger partial charge in [0.05, 0.1) is 13.3 Å². The van der Waals surface area contributed by atoms with Crippen molar-refractivity contribution in [1.29, 1.82) is 0 Å². The summed E-state index contributed by atoms with van der Waals surface area (Å²) in [6.45, 7) is 0.758. The SMILES string of the molecule is COc1ccc(NC2CCCCC2CN)nc1. The van der Waals surface area contributed by atoms with Crippen molar-refractivity contribution in [3.8, 4) is 5.75 Å². The third-order valence-electron chi connectivity index (χ3n) is 3.52. The average molecular weight is 235 g/mol. The topological polar surface area (TPSA) is 60.2 Å². The van der Waals surface area contributed by atoms with E-state index in [1.165, 1.54) is 25.7 Å². The Kier molecular flexibility index (Phi) is 4.20. The van der Waals surface area contributed by atoms with Crippen LogP contribution in [0.1, 0.15) is 25.7 Å². The van der Waals surface area contributed by atoms with Crippen LogP contribution in [-0.4, -0.2) is 24.7 Å². The van der Waals surface area contributed by atoms with E-state index >= 15 is 0 Å². The van der Waals surface area contributed by atoms with E-state index in [-0.39, 0.29) is 0 Å². The zero-order chi connectivity index (χ0) is 12.1. The first-order valence-corrected chi connectivity index (χ1v) is 6.30. The van der Waals surface area contributed by atoms with Gasteiger partial charge in [-0.05, 0) is 37.4 Å². The molecule has 17 heavy (non-hydrogen) atoms. The molecule has 1 saturated carbocycles. The average Bonchev–Trinajstić information content (AvgIpc) is 2.40.